The second-order valence-electron chi connectivity index (χ2n) is 5.64. The third kappa shape index (κ3) is 4.29. The molecule has 1 aromatic carbocycles. The molecule has 0 fully saturated rings. The summed E-state index contributed by atoms with van der Waals surface area (Å²) in [6.07, 6.45) is 1.97. The van der Waals surface area contributed by atoms with Gasteiger partial charge in [0.15, 0.2) is 0 Å². The van der Waals surface area contributed by atoms with Crippen LogP contribution in [0.3, 0.4) is 0 Å². The zero-order valence-electron chi connectivity index (χ0n) is 13.3. The van der Waals surface area contributed by atoms with E-state index >= 15 is 0 Å². The highest BCUT2D eigenvalue weighted by atomic mass is 19.1. The fourth-order valence-electron chi connectivity index (χ4n) is 2.61. The van der Waals surface area contributed by atoms with Crippen molar-refractivity contribution in [3.05, 3.63) is 35.6 Å². The van der Waals surface area contributed by atoms with E-state index in [1.807, 2.05) is 12.1 Å². The monoisotopic (exact) mass is 280 g/mol. The molecule has 0 aliphatic rings. The maximum absolute atomic E-state index is 14.2. The molecule has 3 unspecified atom stereocenters. The van der Waals surface area contributed by atoms with Gasteiger partial charge in [0.25, 0.3) is 0 Å². The van der Waals surface area contributed by atoms with Gasteiger partial charge < -0.3 is 5.73 Å². The number of halogens is 1. The smallest absolute Gasteiger partial charge is 0.128 e. The van der Waals surface area contributed by atoms with Crippen LogP contribution in [0.5, 0.6) is 0 Å². The van der Waals surface area contributed by atoms with Crippen molar-refractivity contribution < 1.29 is 4.39 Å². The van der Waals surface area contributed by atoms with Crippen LogP contribution >= 0.6 is 0 Å². The lowest BCUT2D eigenvalue weighted by Gasteiger charge is -2.36. The maximum Gasteiger partial charge on any atom is 0.128 e. The third-order valence-electron chi connectivity index (χ3n) is 4.14. The molecule has 1 aromatic rings. The van der Waals surface area contributed by atoms with Gasteiger partial charge in [-0.3, -0.25) is 4.90 Å². The van der Waals surface area contributed by atoms with Crippen LogP contribution in [0, 0.1) is 11.7 Å². The van der Waals surface area contributed by atoms with E-state index in [0.717, 1.165) is 31.5 Å². The molecular weight excluding hydrogens is 251 g/mol. The van der Waals surface area contributed by atoms with Crippen molar-refractivity contribution >= 4 is 0 Å². The normalized spacial score (nSPS) is 16.1. The van der Waals surface area contributed by atoms with E-state index in [0.29, 0.717) is 5.92 Å². The summed E-state index contributed by atoms with van der Waals surface area (Å²) in [6, 6.07) is 6.94. The van der Waals surface area contributed by atoms with Crippen molar-refractivity contribution in [1.29, 1.82) is 0 Å². The first-order valence-electron chi connectivity index (χ1n) is 7.79. The molecule has 3 atom stereocenters. The molecule has 0 aromatic heterocycles. The average Bonchev–Trinajstić information content (AvgIpc) is 2.47. The third-order valence-corrected chi connectivity index (χ3v) is 4.14. The van der Waals surface area contributed by atoms with Crippen molar-refractivity contribution in [1.82, 2.24) is 4.90 Å². The summed E-state index contributed by atoms with van der Waals surface area (Å²) in [7, 11) is 0. The van der Waals surface area contributed by atoms with Crippen LogP contribution in [0.4, 0.5) is 4.39 Å². The molecule has 0 aliphatic carbocycles. The SMILES string of the molecule is CCC(C)CN(CC)C(c1ccccc1F)C(N)CC. The van der Waals surface area contributed by atoms with Crippen molar-refractivity contribution in [3.8, 4) is 0 Å². The fourth-order valence-corrected chi connectivity index (χ4v) is 2.61. The first-order valence-corrected chi connectivity index (χ1v) is 7.79. The lowest BCUT2D eigenvalue weighted by molar-refractivity contribution is 0.150. The summed E-state index contributed by atoms with van der Waals surface area (Å²) in [5.74, 6) is 0.442. The fraction of sp³-hybridized carbons (Fsp3) is 0.647. The number of hydrogen-bond acceptors (Lipinski definition) is 2. The Hall–Kier alpha value is -0.930. The molecule has 0 radical (unpaired) electrons. The molecule has 2 N–H and O–H groups in total. The van der Waals surface area contributed by atoms with Crippen molar-refractivity contribution in [2.75, 3.05) is 13.1 Å². The molecule has 0 saturated carbocycles. The summed E-state index contributed by atoms with van der Waals surface area (Å²) in [4.78, 5) is 2.32. The molecule has 0 saturated heterocycles. The molecule has 114 valence electrons. The summed E-state index contributed by atoms with van der Waals surface area (Å²) >= 11 is 0. The summed E-state index contributed by atoms with van der Waals surface area (Å²) in [5, 5.41) is 0. The number of likely N-dealkylation sites (N-methyl/N-ethyl adjacent to an activating group) is 1. The second kappa shape index (κ2) is 8.38. The number of nitrogens with zero attached hydrogens (tertiary/aromatic N) is 1. The Balaban J connectivity index is 3.07. The minimum absolute atomic E-state index is 0.0415. The minimum Gasteiger partial charge on any atom is -0.326 e. The molecule has 0 spiro atoms. The lowest BCUT2D eigenvalue weighted by atomic mass is 9.94. The Labute approximate surface area is 123 Å². The van der Waals surface area contributed by atoms with Gasteiger partial charge in [-0.1, -0.05) is 52.3 Å². The molecule has 0 bridgehead atoms. The molecule has 0 aliphatic heterocycles. The van der Waals surface area contributed by atoms with Gasteiger partial charge in [-0.2, -0.15) is 0 Å². The van der Waals surface area contributed by atoms with E-state index in [2.05, 4.69) is 32.6 Å². The molecule has 2 nitrogen and oxygen atoms in total. The molecular formula is C17H29FN2. The number of hydrogen-bond donors (Lipinski definition) is 1. The quantitative estimate of drug-likeness (QED) is 0.780. The second-order valence-corrected chi connectivity index (χ2v) is 5.64. The van der Waals surface area contributed by atoms with Gasteiger partial charge in [0.05, 0.1) is 6.04 Å². The Morgan fingerprint density at radius 3 is 2.30 bits per heavy atom. The van der Waals surface area contributed by atoms with E-state index in [4.69, 9.17) is 5.73 Å². The van der Waals surface area contributed by atoms with Crippen LogP contribution in [0.25, 0.3) is 0 Å². The Bertz CT molecular complexity index is 394. The molecule has 1 rings (SSSR count). The van der Waals surface area contributed by atoms with Crippen molar-refractivity contribution in [3.63, 3.8) is 0 Å². The molecule has 0 amide bonds. The summed E-state index contributed by atoms with van der Waals surface area (Å²) < 4.78 is 14.2. The number of benzene rings is 1. The number of rotatable bonds is 8. The van der Waals surface area contributed by atoms with Gasteiger partial charge >= 0.3 is 0 Å². The average molecular weight is 280 g/mol. The van der Waals surface area contributed by atoms with E-state index < -0.39 is 0 Å². The van der Waals surface area contributed by atoms with Gasteiger partial charge in [-0.25, -0.2) is 4.39 Å². The molecule has 0 heterocycles. The van der Waals surface area contributed by atoms with E-state index in [1.165, 1.54) is 6.07 Å². The van der Waals surface area contributed by atoms with E-state index in [-0.39, 0.29) is 17.9 Å². The summed E-state index contributed by atoms with van der Waals surface area (Å²) in [5.41, 5.74) is 7.03. The van der Waals surface area contributed by atoms with E-state index in [1.54, 1.807) is 6.07 Å². The van der Waals surface area contributed by atoms with Crippen LogP contribution in [-0.2, 0) is 0 Å². The van der Waals surface area contributed by atoms with Crippen LogP contribution < -0.4 is 5.73 Å². The zero-order valence-corrected chi connectivity index (χ0v) is 13.3. The zero-order chi connectivity index (χ0) is 15.1. The summed E-state index contributed by atoms with van der Waals surface area (Å²) in [6.45, 7) is 10.5. The van der Waals surface area contributed by atoms with Gasteiger partial charge in [0.2, 0.25) is 0 Å². The van der Waals surface area contributed by atoms with Crippen LogP contribution in [-0.4, -0.2) is 24.0 Å². The van der Waals surface area contributed by atoms with Crippen LogP contribution in [0.2, 0.25) is 0 Å². The maximum atomic E-state index is 14.2. The van der Waals surface area contributed by atoms with E-state index in [9.17, 15) is 4.39 Å². The Morgan fingerprint density at radius 2 is 1.80 bits per heavy atom. The lowest BCUT2D eigenvalue weighted by Crippen LogP contribution is -2.43. The highest BCUT2D eigenvalue weighted by Gasteiger charge is 2.27. The largest absolute Gasteiger partial charge is 0.326 e. The standard InChI is InChI=1S/C17H29FN2/c1-5-13(4)12-20(7-3)17(16(19)6-2)14-10-8-9-11-15(14)18/h8-11,13,16-17H,5-7,12,19H2,1-4H3. The van der Waals surface area contributed by atoms with Crippen LogP contribution in [0.15, 0.2) is 24.3 Å². The topological polar surface area (TPSA) is 29.3 Å². The van der Waals surface area contributed by atoms with Gasteiger partial charge in [-0.15, -0.1) is 0 Å². The van der Waals surface area contributed by atoms with Gasteiger partial charge in [-0.05, 0) is 24.9 Å². The Morgan fingerprint density at radius 1 is 1.15 bits per heavy atom. The highest BCUT2D eigenvalue weighted by molar-refractivity contribution is 5.23. The van der Waals surface area contributed by atoms with Gasteiger partial charge in [0.1, 0.15) is 5.82 Å². The first kappa shape index (κ1) is 17.1. The predicted molar refractivity (Wildman–Crippen MR) is 84.1 cm³/mol. The predicted octanol–water partition coefficient (Wildman–Crippen LogP) is 3.97. The Kier molecular flexibility index (Phi) is 7.17. The molecule has 20 heavy (non-hydrogen) atoms. The van der Waals surface area contributed by atoms with Crippen molar-refractivity contribution in [2.45, 2.75) is 52.6 Å². The number of nitrogens with two attached hydrogens (primary N) is 1. The molecule has 3 heteroatoms. The minimum atomic E-state index is -0.149. The van der Waals surface area contributed by atoms with Crippen LogP contribution in [0.1, 0.15) is 52.1 Å². The van der Waals surface area contributed by atoms with Gasteiger partial charge in [0, 0.05) is 18.2 Å². The first-order chi connectivity index (χ1) is 9.54. The van der Waals surface area contributed by atoms with Crippen molar-refractivity contribution in [2.24, 2.45) is 11.7 Å². The highest BCUT2D eigenvalue weighted by Crippen LogP contribution is 2.28.